The molecule has 0 radical (unpaired) electrons. The number of carbonyl (C=O) groups is 6. The topological polar surface area (TPSA) is 203 Å². The van der Waals surface area contributed by atoms with Crippen LogP contribution in [0.2, 0.25) is 0 Å². The van der Waals surface area contributed by atoms with Gasteiger partial charge >= 0.3 is 30.0 Å². The van der Waals surface area contributed by atoms with Gasteiger partial charge in [-0.2, -0.15) is 0 Å². The van der Waals surface area contributed by atoms with Gasteiger partial charge in [0.1, 0.15) is 43.6 Å². The largest absolute Gasteiger partial charge is 0.489 e. The maximum Gasteiger partial charge on any atom is 0.416 e. The number of amides is 2. The van der Waals surface area contributed by atoms with Crippen molar-refractivity contribution in [2.75, 3.05) is 18.5 Å². The van der Waals surface area contributed by atoms with Gasteiger partial charge in [0.25, 0.3) is 0 Å². The summed E-state index contributed by atoms with van der Waals surface area (Å²) in [4.78, 5) is 80.0. The molecular weight excluding hydrogens is 1000 g/mol. The van der Waals surface area contributed by atoms with Crippen molar-refractivity contribution in [3.05, 3.63) is 191 Å². The van der Waals surface area contributed by atoms with E-state index in [1.54, 1.807) is 24.3 Å². The summed E-state index contributed by atoms with van der Waals surface area (Å²) in [6.45, 7) is 4.40. The van der Waals surface area contributed by atoms with Gasteiger partial charge in [-0.15, -0.1) is 0 Å². The van der Waals surface area contributed by atoms with Gasteiger partial charge in [-0.05, 0) is 83.0 Å². The van der Waals surface area contributed by atoms with Crippen molar-refractivity contribution in [3.8, 4) is 16.9 Å². The summed E-state index contributed by atoms with van der Waals surface area (Å²) in [6, 6.07) is 44.9. The monoisotopic (exact) mass is 1060 g/mol. The summed E-state index contributed by atoms with van der Waals surface area (Å²) < 4.78 is 55.1. The van der Waals surface area contributed by atoms with Gasteiger partial charge in [-0.25, -0.2) is 14.1 Å². The first-order chi connectivity index (χ1) is 37.6. The Hall–Kier alpha value is -8.41. The molecule has 16 nitrogen and oxygen atoms in total. The SMILES string of the molecule is CC(=O)OC[C@H]1OC(c2ccc(-c3ccc([C@@H](Nc4ccccc4)[C@@H](CC[C@H](O)c4ccc(F)cc4)C(=O)N4C(=O)OC[C@@H]4Cc4ccccc4)c(OCc4ccccc4)c3)cc2)[C@H](OC(C)=O)[C@@H](OC(C)=O)[C@@H]1OC(C)=O. The molecule has 9 atom stereocenters. The molecule has 2 fully saturated rings. The Labute approximate surface area is 451 Å². The summed E-state index contributed by atoms with van der Waals surface area (Å²) in [6.07, 6.45) is -7.73. The summed E-state index contributed by atoms with van der Waals surface area (Å²) in [5.41, 5.74) is 5.24. The zero-order chi connectivity index (χ0) is 55.3. The lowest BCUT2D eigenvalue weighted by atomic mass is 9.84. The second kappa shape index (κ2) is 26.1. The molecule has 2 N–H and O–H groups in total. The summed E-state index contributed by atoms with van der Waals surface area (Å²) in [5, 5.41) is 15.2. The quantitative estimate of drug-likeness (QED) is 0.0509. The number of aliphatic hydroxyl groups is 1. The maximum atomic E-state index is 15.5. The number of ether oxygens (including phenoxy) is 7. The minimum Gasteiger partial charge on any atom is -0.489 e. The average molecular weight is 1070 g/mol. The lowest BCUT2D eigenvalue weighted by Gasteiger charge is -2.44. The van der Waals surface area contributed by atoms with Gasteiger partial charge in [0.2, 0.25) is 5.91 Å². The van der Waals surface area contributed by atoms with Crippen LogP contribution in [-0.4, -0.2) is 89.6 Å². The van der Waals surface area contributed by atoms with Crippen molar-refractivity contribution in [2.24, 2.45) is 5.92 Å². The summed E-state index contributed by atoms with van der Waals surface area (Å²) in [5.74, 6) is -4.53. The normalized spacial score (nSPS) is 20.0. The Morgan fingerprint density at radius 3 is 1.90 bits per heavy atom. The Bertz CT molecular complexity index is 3020. The van der Waals surface area contributed by atoms with Crippen LogP contribution in [0.3, 0.4) is 0 Å². The standard InChI is InChI=1S/C61H61FN2O14/c1-37(65)72-36-54-57(75-38(2)66)59(77-40(4)68)58(76-39(3)67)56(78-54)45-22-20-43(21-23-45)46-26-29-50(53(33-46)73-34-42-16-10-6-11-17-42)55(63-48-18-12-7-13-19-48)51(30-31-52(69)44-24-27-47(62)28-25-44)60(70)64-49(35-74-61(64)71)32-41-14-8-5-9-15-41/h5-29,33,49,51-52,54-59,63,69H,30-32,34-36H2,1-4H3/t49-,51+,52-,54+,55+,56?,57+,58-,59-/m0/s1. The van der Waals surface area contributed by atoms with Crippen molar-refractivity contribution in [3.63, 3.8) is 0 Å². The van der Waals surface area contributed by atoms with Crippen LogP contribution in [0.4, 0.5) is 14.9 Å². The van der Waals surface area contributed by atoms with Gasteiger partial charge in [-0.3, -0.25) is 24.0 Å². The summed E-state index contributed by atoms with van der Waals surface area (Å²) in [7, 11) is 0. The van der Waals surface area contributed by atoms with Gasteiger partial charge < -0.3 is 43.6 Å². The third-order valence-corrected chi connectivity index (χ3v) is 13.5. The molecule has 2 amide bonds. The third-order valence-electron chi connectivity index (χ3n) is 13.5. The smallest absolute Gasteiger partial charge is 0.416 e. The van der Waals surface area contributed by atoms with Crippen LogP contribution < -0.4 is 10.1 Å². The number of imide groups is 1. The first-order valence-corrected chi connectivity index (χ1v) is 25.6. The van der Waals surface area contributed by atoms with Crippen LogP contribution in [0.5, 0.6) is 5.75 Å². The number of aliphatic hydroxyl groups excluding tert-OH is 1. The fourth-order valence-corrected chi connectivity index (χ4v) is 9.87. The molecule has 2 saturated heterocycles. The maximum absolute atomic E-state index is 15.5. The van der Waals surface area contributed by atoms with Crippen molar-refractivity contribution in [2.45, 2.75) is 102 Å². The van der Waals surface area contributed by atoms with E-state index in [1.165, 1.54) is 43.0 Å². The Balaban J connectivity index is 1.21. The third kappa shape index (κ3) is 14.3. The number of para-hydroxylation sites is 1. The number of nitrogens with one attached hydrogen (secondary N) is 1. The van der Waals surface area contributed by atoms with E-state index in [1.807, 2.05) is 109 Å². The van der Waals surface area contributed by atoms with E-state index in [0.29, 0.717) is 45.7 Å². The zero-order valence-corrected chi connectivity index (χ0v) is 43.5. The average Bonchev–Trinajstić information content (AvgIpc) is 3.93. The fraction of sp³-hybridized carbons (Fsp3) is 0.311. The molecule has 0 spiro atoms. The number of carbonyl (C=O) groups excluding carboxylic acids is 6. The predicted molar refractivity (Wildman–Crippen MR) is 283 cm³/mol. The molecular formula is C61H61FN2O14. The number of halogens is 1. The molecule has 0 aromatic heterocycles. The van der Waals surface area contributed by atoms with Crippen LogP contribution in [0.1, 0.15) is 86.6 Å². The summed E-state index contributed by atoms with van der Waals surface area (Å²) >= 11 is 0. The van der Waals surface area contributed by atoms with E-state index in [9.17, 15) is 33.5 Å². The van der Waals surface area contributed by atoms with Crippen LogP contribution >= 0.6 is 0 Å². The predicted octanol–water partition coefficient (Wildman–Crippen LogP) is 9.74. The second-order valence-corrected chi connectivity index (χ2v) is 19.1. The highest BCUT2D eigenvalue weighted by Gasteiger charge is 2.52. The molecule has 17 heteroatoms. The second-order valence-electron chi connectivity index (χ2n) is 19.1. The number of rotatable bonds is 21. The van der Waals surface area contributed by atoms with Crippen molar-refractivity contribution in [1.82, 2.24) is 4.90 Å². The van der Waals surface area contributed by atoms with Crippen molar-refractivity contribution >= 4 is 41.6 Å². The molecule has 406 valence electrons. The van der Waals surface area contributed by atoms with Crippen molar-refractivity contribution < 1.29 is 71.4 Å². The highest BCUT2D eigenvalue weighted by molar-refractivity contribution is 5.95. The fourth-order valence-electron chi connectivity index (χ4n) is 9.87. The van der Waals surface area contributed by atoms with E-state index in [-0.39, 0.29) is 32.7 Å². The Morgan fingerprint density at radius 2 is 1.27 bits per heavy atom. The van der Waals surface area contributed by atoms with E-state index in [4.69, 9.17) is 33.2 Å². The van der Waals surface area contributed by atoms with E-state index < -0.39 is 96.3 Å². The molecule has 78 heavy (non-hydrogen) atoms. The number of nitrogens with zero attached hydrogens (tertiary/aromatic N) is 1. The highest BCUT2D eigenvalue weighted by atomic mass is 19.1. The van der Waals surface area contributed by atoms with Gasteiger partial charge in [0.05, 0.1) is 24.1 Å². The van der Waals surface area contributed by atoms with E-state index in [2.05, 4.69) is 5.32 Å². The molecule has 2 aliphatic rings. The number of anilines is 1. The lowest BCUT2D eigenvalue weighted by molar-refractivity contribution is -0.254. The first-order valence-electron chi connectivity index (χ1n) is 25.6. The molecule has 6 aromatic rings. The van der Waals surface area contributed by atoms with Crippen LogP contribution in [0.15, 0.2) is 158 Å². The van der Waals surface area contributed by atoms with E-state index in [0.717, 1.165) is 25.0 Å². The van der Waals surface area contributed by atoms with Gasteiger partial charge in [0.15, 0.2) is 18.3 Å². The molecule has 2 aliphatic heterocycles. The number of benzene rings is 6. The van der Waals surface area contributed by atoms with Gasteiger partial charge in [-0.1, -0.05) is 127 Å². The van der Waals surface area contributed by atoms with Crippen LogP contribution in [-0.2, 0) is 65.4 Å². The number of hydrogen-bond acceptors (Lipinski definition) is 15. The number of esters is 4. The molecule has 0 aliphatic carbocycles. The molecule has 0 bridgehead atoms. The Morgan fingerprint density at radius 1 is 0.679 bits per heavy atom. The molecule has 8 rings (SSSR count). The number of cyclic esters (lactones) is 1. The number of hydrogen-bond donors (Lipinski definition) is 2. The molecule has 1 unspecified atom stereocenters. The molecule has 2 heterocycles. The van der Waals surface area contributed by atoms with Crippen molar-refractivity contribution in [1.29, 1.82) is 0 Å². The minimum absolute atomic E-state index is 0.0200. The highest BCUT2D eigenvalue weighted by Crippen LogP contribution is 2.43. The van der Waals surface area contributed by atoms with Crippen LogP contribution in [0, 0.1) is 11.7 Å². The molecule has 0 saturated carbocycles. The lowest BCUT2D eigenvalue weighted by Crippen LogP contribution is -2.59. The van der Waals surface area contributed by atoms with Crippen LogP contribution in [0.25, 0.3) is 11.1 Å². The Kier molecular flexibility index (Phi) is 18.7. The van der Waals surface area contributed by atoms with E-state index >= 15 is 4.79 Å². The first kappa shape index (κ1) is 55.8. The van der Waals surface area contributed by atoms with Gasteiger partial charge in [0, 0.05) is 38.9 Å². The molecule has 6 aromatic carbocycles. The minimum atomic E-state index is -1.36. The zero-order valence-electron chi connectivity index (χ0n) is 43.5.